The zero-order valence-corrected chi connectivity index (χ0v) is 5.76. The smallest absolute Gasteiger partial charge is 0.169 e. The lowest BCUT2D eigenvalue weighted by Gasteiger charge is -2.00. The topological polar surface area (TPSA) is 34.1 Å². The quantitative estimate of drug-likeness (QED) is 0.460. The van der Waals surface area contributed by atoms with Crippen LogP contribution in [0.2, 0.25) is 0 Å². The van der Waals surface area contributed by atoms with Crippen molar-refractivity contribution in [1.82, 2.24) is 0 Å². The molecule has 0 radical (unpaired) electrons. The maximum Gasteiger partial charge on any atom is 0.169 e. The first-order valence-electron chi connectivity index (χ1n) is 3.45. The maximum absolute atomic E-state index is 11.1. The second-order valence-corrected chi connectivity index (χ2v) is 3.14. The highest BCUT2D eigenvalue weighted by Gasteiger charge is 2.62. The second-order valence-electron chi connectivity index (χ2n) is 3.14. The molecule has 1 saturated carbocycles. The van der Waals surface area contributed by atoms with Gasteiger partial charge in [-0.2, -0.15) is 0 Å². The van der Waals surface area contributed by atoms with Crippen molar-refractivity contribution in [2.45, 2.75) is 13.3 Å². The number of hydrogen-bond acceptors (Lipinski definition) is 2. The van der Waals surface area contributed by atoms with Crippen LogP contribution in [0.1, 0.15) is 13.3 Å². The molecule has 1 unspecified atom stereocenters. The van der Waals surface area contributed by atoms with Crippen molar-refractivity contribution in [3.8, 4) is 0 Å². The van der Waals surface area contributed by atoms with Gasteiger partial charge in [0.15, 0.2) is 11.6 Å². The lowest BCUT2D eigenvalue weighted by atomic mass is 9.99. The van der Waals surface area contributed by atoms with Crippen molar-refractivity contribution < 1.29 is 9.59 Å². The fourth-order valence-corrected chi connectivity index (χ4v) is 1.68. The number of rotatable bonds is 0. The van der Waals surface area contributed by atoms with Gasteiger partial charge in [-0.25, -0.2) is 0 Å². The monoisotopic (exact) mass is 136 g/mol. The van der Waals surface area contributed by atoms with Gasteiger partial charge in [-0.15, -0.1) is 0 Å². The number of hydrogen-bond donors (Lipinski definition) is 0. The Balaban J connectivity index is 2.41. The zero-order chi connectivity index (χ0) is 7.35. The first kappa shape index (κ1) is 5.83. The molecule has 2 nitrogen and oxygen atoms in total. The molecule has 10 heavy (non-hydrogen) atoms. The van der Waals surface area contributed by atoms with Crippen molar-refractivity contribution in [3.63, 3.8) is 0 Å². The fraction of sp³-hybridized carbons (Fsp3) is 0.500. The van der Waals surface area contributed by atoms with Gasteiger partial charge in [0.2, 0.25) is 0 Å². The maximum atomic E-state index is 11.1. The summed E-state index contributed by atoms with van der Waals surface area (Å²) in [7, 11) is 0. The van der Waals surface area contributed by atoms with Gasteiger partial charge in [-0.1, -0.05) is 6.92 Å². The molecule has 0 saturated heterocycles. The molecule has 0 aromatic heterocycles. The normalized spacial score (nSPS) is 33.9. The van der Waals surface area contributed by atoms with Crippen LogP contribution in [0.25, 0.3) is 0 Å². The number of carbonyl (C=O) groups excluding carboxylic acids is 2. The summed E-state index contributed by atoms with van der Waals surface area (Å²) in [4.78, 5) is 22.1. The van der Waals surface area contributed by atoms with Gasteiger partial charge in [0.25, 0.3) is 0 Å². The molecule has 52 valence electrons. The van der Waals surface area contributed by atoms with Gasteiger partial charge in [0, 0.05) is 0 Å². The largest absolute Gasteiger partial charge is 0.294 e. The van der Waals surface area contributed by atoms with Gasteiger partial charge in [0.05, 0.1) is 5.41 Å². The van der Waals surface area contributed by atoms with Gasteiger partial charge in [-0.3, -0.25) is 9.59 Å². The SMILES string of the molecule is CC1CC12C(=O)C=CC2=O. The Morgan fingerprint density at radius 3 is 2.00 bits per heavy atom. The van der Waals surface area contributed by atoms with E-state index in [1.807, 2.05) is 6.92 Å². The molecule has 2 aliphatic rings. The standard InChI is InChI=1S/C8H8O2/c1-5-4-8(5)6(9)2-3-7(8)10/h2-3,5H,4H2,1H3. The molecule has 0 bridgehead atoms. The molecular weight excluding hydrogens is 128 g/mol. The van der Waals surface area contributed by atoms with E-state index in [1.54, 1.807) is 0 Å². The molecular formula is C8H8O2. The van der Waals surface area contributed by atoms with Crippen LogP contribution in [0, 0.1) is 11.3 Å². The van der Waals surface area contributed by atoms with Crippen LogP contribution in [0.4, 0.5) is 0 Å². The van der Waals surface area contributed by atoms with Gasteiger partial charge < -0.3 is 0 Å². The van der Waals surface area contributed by atoms with Crippen LogP contribution in [0.15, 0.2) is 12.2 Å². The second kappa shape index (κ2) is 1.39. The summed E-state index contributed by atoms with van der Waals surface area (Å²) in [6.07, 6.45) is 3.58. The highest BCUT2D eigenvalue weighted by Crippen LogP contribution is 2.56. The Morgan fingerprint density at radius 2 is 1.80 bits per heavy atom. The van der Waals surface area contributed by atoms with E-state index in [0.717, 1.165) is 6.42 Å². The predicted molar refractivity (Wildman–Crippen MR) is 35.4 cm³/mol. The molecule has 0 aliphatic heterocycles. The summed E-state index contributed by atoms with van der Waals surface area (Å²) in [5, 5.41) is 0. The average molecular weight is 136 g/mol. The Morgan fingerprint density at radius 1 is 1.40 bits per heavy atom. The van der Waals surface area contributed by atoms with E-state index < -0.39 is 5.41 Å². The summed E-state index contributed by atoms with van der Waals surface area (Å²) in [6.45, 7) is 1.95. The first-order chi connectivity index (χ1) is 4.68. The molecule has 2 aliphatic carbocycles. The molecule has 0 aromatic carbocycles. The third-order valence-corrected chi connectivity index (χ3v) is 2.57. The van der Waals surface area contributed by atoms with Crippen molar-refractivity contribution in [2.24, 2.45) is 11.3 Å². The highest BCUT2D eigenvalue weighted by atomic mass is 16.2. The lowest BCUT2D eigenvalue weighted by Crippen LogP contribution is -2.18. The van der Waals surface area contributed by atoms with Crippen LogP contribution >= 0.6 is 0 Å². The molecule has 2 heteroatoms. The minimum atomic E-state index is -0.569. The van der Waals surface area contributed by atoms with Crippen LogP contribution in [-0.4, -0.2) is 11.6 Å². The van der Waals surface area contributed by atoms with Crippen LogP contribution in [0.3, 0.4) is 0 Å². The molecule has 0 N–H and O–H groups in total. The lowest BCUT2D eigenvalue weighted by molar-refractivity contribution is -0.128. The predicted octanol–water partition coefficient (Wildman–Crippen LogP) is 0.721. The van der Waals surface area contributed by atoms with Crippen molar-refractivity contribution in [3.05, 3.63) is 12.2 Å². The number of carbonyl (C=O) groups is 2. The minimum Gasteiger partial charge on any atom is -0.294 e. The number of allylic oxidation sites excluding steroid dienone is 2. The van der Waals surface area contributed by atoms with Gasteiger partial charge >= 0.3 is 0 Å². The summed E-state index contributed by atoms with van der Waals surface area (Å²) >= 11 is 0. The first-order valence-corrected chi connectivity index (χ1v) is 3.45. The van der Waals surface area contributed by atoms with Crippen molar-refractivity contribution >= 4 is 11.6 Å². The van der Waals surface area contributed by atoms with E-state index in [-0.39, 0.29) is 17.5 Å². The molecule has 0 aromatic rings. The Bertz CT molecular complexity index is 232. The molecule has 1 spiro atoms. The molecule has 1 fully saturated rings. The van der Waals surface area contributed by atoms with E-state index >= 15 is 0 Å². The zero-order valence-electron chi connectivity index (χ0n) is 5.76. The molecule has 0 amide bonds. The van der Waals surface area contributed by atoms with Crippen molar-refractivity contribution in [1.29, 1.82) is 0 Å². The summed E-state index contributed by atoms with van der Waals surface area (Å²) in [5.41, 5.74) is -0.569. The fourth-order valence-electron chi connectivity index (χ4n) is 1.68. The van der Waals surface area contributed by atoms with Crippen molar-refractivity contribution in [2.75, 3.05) is 0 Å². The van der Waals surface area contributed by atoms with Crippen LogP contribution < -0.4 is 0 Å². The van der Waals surface area contributed by atoms with Gasteiger partial charge in [0.1, 0.15) is 0 Å². The molecule has 1 atom stereocenters. The third-order valence-electron chi connectivity index (χ3n) is 2.57. The third kappa shape index (κ3) is 0.416. The van der Waals surface area contributed by atoms with Crippen LogP contribution in [0.5, 0.6) is 0 Å². The molecule has 0 heterocycles. The van der Waals surface area contributed by atoms with E-state index in [2.05, 4.69) is 0 Å². The summed E-state index contributed by atoms with van der Waals surface area (Å²) in [6, 6.07) is 0. The summed E-state index contributed by atoms with van der Waals surface area (Å²) in [5.74, 6) is 0.317. The Kier molecular flexibility index (Phi) is 0.810. The average Bonchev–Trinajstić information content (AvgIpc) is 2.50. The highest BCUT2D eigenvalue weighted by molar-refractivity contribution is 6.24. The van der Waals surface area contributed by atoms with E-state index in [4.69, 9.17) is 0 Å². The van der Waals surface area contributed by atoms with Crippen LogP contribution in [-0.2, 0) is 9.59 Å². The van der Waals surface area contributed by atoms with E-state index in [9.17, 15) is 9.59 Å². The Labute approximate surface area is 58.9 Å². The number of ketones is 2. The van der Waals surface area contributed by atoms with Gasteiger partial charge in [-0.05, 0) is 24.5 Å². The Hall–Kier alpha value is -0.920. The minimum absolute atomic E-state index is 0.0185. The van der Waals surface area contributed by atoms with E-state index in [0.29, 0.717) is 0 Å². The van der Waals surface area contributed by atoms with E-state index in [1.165, 1.54) is 12.2 Å². The molecule has 2 rings (SSSR count). The summed E-state index contributed by atoms with van der Waals surface area (Å²) < 4.78 is 0.